The van der Waals surface area contributed by atoms with E-state index in [-0.39, 0.29) is 6.61 Å². The lowest BCUT2D eigenvalue weighted by Gasteiger charge is -2.15. The van der Waals surface area contributed by atoms with E-state index in [9.17, 15) is 5.11 Å². The van der Waals surface area contributed by atoms with E-state index in [2.05, 4.69) is 46.0 Å². The molecule has 5 heteroatoms. The molecular weight excluding hydrogens is 348 g/mol. The normalized spacial score (nSPS) is 11.4. The van der Waals surface area contributed by atoms with Crippen LogP contribution in [0.4, 0.5) is 17.1 Å². The van der Waals surface area contributed by atoms with E-state index in [1.165, 1.54) is 10.8 Å². The SMILES string of the molecule is CN(C)N=Nc1cc(CO)cc(Nc2c3ccccc3cc3ccccc23)c1. The van der Waals surface area contributed by atoms with Crippen LogP contribution in [0.3, 0.4) is 0 Å². The van der Waals surface area contributed by atoms with E-state index in [1.807, 2.05) is 56.6 Å². The highest BCUT2D eigenvalue weighted by atomic mass is 16.3. The molecule has 0 unspecified atom stereocenters. The Morgan fingerprint density at radius 3 is 2.11 bits per heavy atom. The summed E-state index contributed by atoms with van der Waals surface area (Å²) in [7, 11) is 3.64. The van der Waals surface area contributed by atoms with E-state index in [0.717, 1.165) is 27.7 Å². The number of anilines is 2. The lowest BCUT2D eigenvalue weighted by Crippen LogP contribution is -1.99. The zero-order valence-corrected chi connectivity index (χ0v) is 15.9. The summed E-state index contributed by atoms with van der Waals surface area (Å²) in [5.74, 6) is 0. The first-order valence-electron chi connectivity index (χ1n) is 9.15. The van der Waals surface area contributed by atoms with Gasteiger partial charge >= 0.3 is 0 Å². The fourth-order valence-electron chi connectivity index (χ4n) is 3.33. The Bertz CT molecular complexity index is 1110. The maximum absolute atomic E-state index is 9.66. The number of nitrogens with zero attached hydrogens (tertiary/aromatic N) is 3. The Morgan fingerprint density at radius 1 is 0.857 bits per heavy atom. The molecule has 0 aliphatic rings. The maximum Gasteiger partial charge on any atom is 0.0898 e. The molecule has 0 bridgehead atoms. The Labute approximate surface area is 163 Å². The van der Waals surface area contributed by atoms with Gasteiger partial charge in [0.15, 0.2) is 0 Å². The first kappa shape index (κ1) is 17.9. The van der Waals surface area contributed by atoms with Crippen LogP contribution in [0.5, 0.6) is 0 Å². The molecule has 0 radical (unpaired) electrons. The van der Waals surface area contributed by atoms with Crippen LogP contribution >= 0.6 is 0 Å². The van der Waals surface area contributed by atoms with Gasteiger partial charge in [-0.05, 0) is 40.6 Å². The summed E-state index contributed by atoms with van der Waals surface area (Å²) >= 11 is 0. The molecule has 4 aromatic rings. The van der Waals surface area contributed by atoms with Crippen molar-refractivity contribution in [3.05, 3.63) is 78.4 Å². The highest BCUT2D eigenvalue weighted by molar-refractivity contribution is 6.12. The number of benzene rings is 4. The molecule has 0 aliphatic carbocycles. The van der Waals surface area contributed by atoms with Crippen LogP contribution in [-0.2, 0) is 6.61 Å². The minimum Gasteiger partial charge on any atom is -0.392 e. The number of aliphatic hydroxyl groups excluding tert-OH is 1. The van der Waals surface area contributed by atoms with Crippen LogP contribution in [-0.4, -0.2) is 24.2 Å². The molecule has 4 rings (SSSR count). The molecule has 140 valence electrons. The Balaban J connectivity index is 1.86. The highest BCUT2D eigenvalue weighted by Gasteiger charge is 2.09. The molecular formula is C23H22N4O. The van der Waals surface area contributed by atoms with Gasteiger partial charge in [-0.3, -0.25) is 5.01 Å². The average molecular weight is 370 g/mol. The molecule has 0 saturated carbocycles. The van der Waals surface area contributed by atoms with Gasteiger partial charge in [0, 0.05) is 30.6 Å². The number of rotatable bonds is 5. The molecule has 0 atom stereocenters. The Kier molecular flexibility index (Phi) is 4.91. The van der Waals surface area contributed by atoms with Crippen LogP contribution in [0.2, 0.25) is 0 Å². The minimum absolute atomic E-state index is 0.0592. The van der Waals surface area contributed by atoms with Gasteiger partial charge in [0.25, 0.3) is 0 Å². The summed E-state index contributed by atoms with van der Waals surface area (Å²) in [6, 6.07) is 24.6. The van der Waals surface area contributed by atoms with Crippen molar-refractivity contribution in [1.82, 2.24) is 5.01 Å². The van der Waals surface area contributed by atoms with Crippen molar-refractivity contribution in [3.63, 3.8) is 0 Å². The summed E-state index contributed by atoms with van der Waals surface area (Å²) in [6.45, 7) is -0.0592. The monoisotopic (exact) mass is 370 g/mol. The number of aliphatic hydroxyl groups is 1. The van der Waals surface area contributed by atoms with Gasteiger partial charge < -0.3 is 10.4 Å². The smallest absolute Gasteiger partial charge is 0.0898 e. The lowest BCUT2D eigenvalue weighted by molar-refractivity contribution is 0.282. The molecule has 0 aliphatic heterocycles. The molecule has 0 spiro atoms. The molecule has 0 saturated heterocycles. The van der Waals surface area contributed by atoms with E-state index >= 15 is 0 Å². The van der Waals surface area contributed by atoms with E-state index in [0.29, 0.717) is 5.69 Å². The summed E-state index contributed by atoms with van der Waals surface area (Å²) in [6.07, 6.45) is 0. The predicted molar refractivity (Wildman–Crippen MR) is 115 cm³/mol. The molecule has 0 heterocycles. The summed E-state index contributed by atoms with van der Waals surface area (Å²) in [5, 5.41) is 27.8. The molecule has 0 aromatic heterocycles. The Morgan fingerprint density at radius 2 is 1.50 bits per heavy atom. The van der Waals surface area contributed by atoms with Crippen LogP contribution in [0.1, 0.15) is 5.56 Å². The first-order chi connectivity index (χ1) is 13.6. The molecule has 28 heavy (non-hydrogen) atoms. The first-order valence-corrected chi connectivity index (χ1v) is 9.15. The quantitative estimate of drug-likeness (QED) is 0.266. The van der Waals surface area contributed by atoms with Gasteiger partial charge in [0.1, 0.15) is 0 Å². The van der Waals surface area contributed by atoms with Gasteiger partial charge in [-0.2, -0.15) is 0 Å². The predicted octanol–water partition coefficient (Wildman–Crippen LogP) is 5.79. The van der Waals surface area contributed by atoms with Crippen LogP contribution in [0.15, 0.2) is 83.1 Å². The number of fused-ring (bicyclic) bond motifs is 2. The zero-order valence-electron chi connectivity index (χ0n) is 15.9. The van der Waals surface area contributed by atoms with Crippen LogP contribution in [0, 0.1) is 0 Å². The highest BCUT2D eigenvalue weighted by Crippen LogP contribution is 2.35. The molecule has 0 amide bonds. The fourth-order valence-corrected chi connectivity index (χ4v) is 3.33. The van der Waals surface area contributed by atoms with Crippen molar-refractivity contribution in [2.45, 2.75) is 6.61 Å². The van der Waals surface area contributed by atoms with E-state index in [4.69, 9.17) is 0 Å². The van der Waals surface area contributed by atoms with E-state index < -0.39 is 0 Å². The molecule has 5 nitrogen and oxygen atoms in total. The third-order valence-electron chi connectivity index (χ3n) is 4.54. The topological polar surface area (TPSA) is 60.2 Å². The second-order valence-electron chi connectivity index (χ2n) is 6.90. The lowest BCUT2D eigenvalue weighted by atomic mass is 10.0. The fraction of sp³-hybridized carbons (Fsp3) is 0.130. The number of hydrogen-bond acceptors (Lipinski definition) is 4. The third kappa shape index (κ3) is 3.66. The Hall–Kier alpha value is -3.44. The standard InChI is InChI=1S/C23H22N4O/c1-27(2)26-25-20-12-16(15-28)11-19(14-20)24-23-21-9-5-3-7-17(21)13-18-8-4-6-10-22(18)23/h3-14,24,28H,15H2,1-2H3. The van der Waals surface area contributed by atoms with Crippen molar-refractivity contribution >= 4 is 38.6 Å². The van der Waals surface area contributed by atoms with Gasteiger partial charge in [-0.25, -0.2) is 0 Å². The number of nitrogens with one attached hydrogen (secondary N) is 1. The van der Waals surface area contributed by atoms with Crippen molar-refractivity contribution in [2.75, 3.05) is 19.4 Å². The van der Waals surface area contributed by atoms with Crippen LogP contribution in [0.25, 0.3) is 21.5 Å². The number of hydrogen-bond donors (Lipinski definition) is 2. The van der Waals surface area contributed by atoms with Gasteiger partial charge in [0.05, 0.1) is 18.0 Å². The minimum atomic E-state index is -0.0592. The third-order valence-corrected chi connectivity index (χ3v) is 4.54. The second kappa shape index (κ2) is 7.66. The van der Waals surface area contributed by atoms with Crippen molar-refractivity contribution in [2.24, 2.45) is 10.3 Å². The average Bonchev–Trinajstić information content (AvgIpc) is 2.72. The van der Waals surface area contributed by atoms with Crippen LogP contribution < -0.4 is 5.32 Å². The van der Waals surface area contributed by atoms with Gasteiger partial charge in [-0.1, -0.05) is 53.8 Å². The molecule has 2 N–H and O–H groups in total. The maximum atomic E-state index is 9.66. The zero-order chi connectivity index (χ0) is 19.5. The summed E-state index contributed by atoms with van der Waals surface area (Å²) in [4.78, 5) is 0. The molecule has 4 aromatic carbocycles. The summed E-state index contributed by atoms with van der Waals surface area (Å²) < 4.78 is 0. The van der Waals surface area contributed by atoms with Gasteiger partial charge in [-0.15, -0.1) is 5.11 Å². The second-order valence-corrected chi connectivity index (χ2v) is 6.90. The summed E-state index contributed by atoms with van der Waals surface area (Å²) in [5.41, 5.74) is 3.37. The molecule has 0 fully saturated rings. The van der Waals surface area contributed by atoms with Crippen molar-refractivity contribution < 1.29 is 5.11 Å². The van der Waals surface area contributed by atoms with Crippen molar-refractivity contribution in [3.8, 4) is 0 Å². The largest absolute Gasteiger partial charge is 0.392 e. The van der Waals surface area contributed by atoms with E-state index in [1.54, 1.807) is 5.01 Å². The van der Waals surface area contributed by atoms with Gasteiger partial charge in [0.2, 0.25) is 0 Å². The van der Waals surface area contributed by atoms with Crippen molar-refractivity contribution in [1.29, 1.82) is 0 Å².